The van der Waals surface area contributed by atoms with E-state index >= 15 is 0 Å². The number of carbonyl (C=O) groups excluding carboxylic acids is 1. The Morgan fingerprint density at radius 3 is 2.55 bits per heavy atom. The summed E-state index contributed by atoms with van der Waals surface area (Å²) in [5.41, 5.74) is 0.670. The second-order valence-electron chi connectivity index (χ2n) is 5.38. The average molecular weight is 347 g/mol. The van der Waals surface area contributed by atoms with Crippen LogP contribution in [0.5, 0.6) is 0 Å². The van der Waals surface area contributed by atoms with Crippen LogP contribution in [0, 0.1) is 0 Å². The minimum Gasteiger partial charge on any atom is -0.353 e. The fourth-order valence-electron chi connectivity index (χ4n) is 2.09. The topological polar surface area (TPSA) is 66.5 Å². The number of nitrogens with zero attached hydrogens (tertiary/aromatic N) is 1. The van der Waals surface area contributed by atoms with E-state index in [0.29, 0.717) is 10.6 Å². The van der Waals surface area contributed by atoms with Gasteiger partial charge in [0.05, 0.1) is 12.8 Å². The van der Waals surface area contributed by atoms with Gasteiger partial charge in [-0.15, -0.1) is 0 Å². The number of hydrogen-bond acceptors (Lipinski definition) is 3. The molecule has 5 nitrogen and oxygen atoms in total. The molecule has 1 atom stereocenters. The van der Waals surface area contributed by atoms with E-state index in [1.165, 1.54) is 0 Å². The highest BCUT2D eigenvalue weighted by Crippen LogP contribution is 2.18. The van der Waals surface area contributed by atoms with Gasteiger partial charge in [-0.05, 0) is 25.0 Å². The molecule has 0 saturated carbocycles. The first-order chi connectivity index (χ1) is 10.2. The summed E-state index contributed by atoms with van der Waals surface area (Å²) in [5.74, 6) is -0.307. The summed E-state index contributed by atoms with van der Waals surface area (Å²) in [6.45, 7) is 3.80. The fraction of sp³-hybridized carbons (Fsp3) is 0.533. The summed E-state index contributed by atoms with van der Waals surface area (Å²) in [7, 11) is -3.51. The first-order valence-electron chi connectivity index (χ1n) is 7.22. The Morgan fingerprint density at radius 2 is 2.00 bits per heavy atom. The quantitative estimate of drug-likeness (QED) is 0.786. The van der Waals surface area contributed by atoms with Gasteiger partial charge in [0.2, 0.25) is 15.9 Å². The van der Waals surface area contributed by atoms with Crippen LogP contribution in [0.4, 0.5) is 0 Å². The Morgan fingerprint density at radius 1 is 1.36 bits per heavy atom. The summed E-state index contributed by atoms with van der Waals surface area (Å²) < 4.78 is 24.9. The van der Waals surface area contributed by atoms with Crippen molar-refractivity contribution in [2.45, 2.75) is 39.3 Å². The summed E-state index contributed by atoms with van der Waals surface area (Å²) >= 11 is 6.06. The molecule has 0 spiro atoms. The molecular formula is C15H23ClN2O3S. The van der Waals surface area contributed by atoms with Crippen LogP contribution in [0.1, 0.15) is 32.3 Å². The number of halogens is 1. The molecule has 0 aliphatic heterocycles. The summed E-state index contributed by atoms with van der Waals surface area (Å²) in [6, 6.07) is 7.03. The predicted molar refractivity (Wildman–Crippen MR) is 89.2 cm³/mol. The van der Waals surface area contributed by atoms with E-state index in [4.69, 9.17) is 11.6 Å². The number of benzene rings is 1. The number of hydrogen-bond donors (Lipinski definition) is 1. The monoisotopic (exact) mass is 346 g/mol. The Bertz CT molecular complexity index is 605. The van der Waals surface area contributed by atoms with E-state index in [0.717, 1.165) is 23.4 Å². The number of amides is 1. The zero-order chi connectivity index (χ0) is 16.8. The number of rotatable bonds is 8. The smallest absolute Gasteiger partial charge is 0.235 e. The Kier molecular flexibility index (Phi) is 7.32. The van der Waals surface area contributed by atoms with Crippen molar-refractivity contribution < 1.29 is 13.2 Å². The molecule has 0 fully saturated rings. The number of carbonyl (C=O) groups is 1. The summed E-state index contributed by atoms with van der Waals surface area (Å²) in [5, 5.41) is 3.29. The largest absolute Gasteiger partial charge is 0.353 e. The number of nitrogens with one attached hydrogen (secondary N) is 1. The van der Waals surface area contributed by atoms with Crippen molar-refractivity contribution in [1.82, 2.24) is 9.62 Å². The molecule has 1 aromatic carbocycles. The van der Waals surface area contributed by atoms with Crippen molar-refractivity contribution in [2.24, 2.45) is 0 Å². The predicted octanol–water partition coefficient (Wildman–Crippen LogP) is 2.41. The third kappa shape index (κ3) is 6.34. The minimum atomic E-state index is -3.51. The van der Waals surface area contributed by atoms with E-state index in [9.17, 15) is 13.2 Å². The molecule has 0 saturated heterocycles. The lowest BCUT2D eigenvalue weighted by molar-refractivity contribution is -0.122. The van der Waals surface area contributed by atoms with Crippen LogP contribution in [0.3, 0.4) is 0 Å². The fourth-order valence-corrected chi connectivity index (χ4v) is 3.01. The van der Waals surface area contributed by atoms with Gasteiger partial charge in [0.15, 0.2) is 0 Å². The van der Waals surface area contributed by atoms with Gasteiger partial charge in [0.25, 0.3) is 0 Å². The first kappa shape index (κ1) is 18.9. The van der Waals surface area contributed by atoms with Crippen molar-refractivity contribution in [3.8, 4) is 0 Å². The third-order valence-corrected chi connectivity index (χ3v) is 4.79. The standard InChI is InChI=1S/C15H23ClN2O3S/c1-4-7-12(2)17-15(19)11-18(22(3,20)21)10-13-8-5-6-9-14(13)16/h5-6,8-9,12H,4,7,10-11H2,1-3H3,(H,17,19)/t12-/m0/s1. The first-order valence-corrected chi connectivity index (χ1v) is 9.44. The van der Waals surface area contributed by atoms with Gasteiger partial charge in [0, 0.05) is 17.6 Å². The molecule has 1 amide bonds. The molecule has 0 bridgehead atoms. The van der Waals surface area contributed by atoms with Crippen LogP contribution < -0.4 is 5.32 Å². The lowest BCUT2D eigenvalue weighted by Gasteiger charge is -2.21. The molecule has 1 N–H and O–H groups in total. The lowest BCUT2D eigenvalue weighted by Crippen LogP contribution is -2.42. The van der Waals surface area contributed by atoms with Crippen LogP contribution in [-0.2, 0) is 21.4 Å². The zero-order valence-electron chi connectivity index (χ0n) is 13.2. The van der Waals surface area contributed by atoms with Crippen molar-refractivity contribution in [1.29, 1.82) is 0 Å². The average Bonchev–Trinajstić information content (AvgIpc) is 2.39. The molecule has 0 aliphatic rings. The van der Waals surface area contributed by atoms with Gasteiger partial charge >= 0.3 is 0 Å². The molecule has 0 radical (unpaired) electrons. The van der Waals surface area contributed by atoms with Gasteiger partial charge in [-0.3, -0.25) is 4.79 Å². The second kappa shape index (κ2) is 8.50. The molecule has 7 heteroatoms. The lowest BCUT2D eigenvalue weighted by atomic mass is 10.2. The minimum absolute atomic E-state index is 0.0271. The SMILES string of the molecule is CCC[C@H](C)NC(=O)CN(Cc1ccccc1Cl)S(C)(=O)=O. The molecule has 22 heavy (non-hydrogen) atoms. The molecule has 0 aromatic heterocycles. The molecular weight excluding hydrogens is 324 g/mol. The molecule has 0 aliphatic carbocycles. The Balaban J connectivity index is 2.79. The highest BCUT2D eigenvalue weighted by atomic mass is 35.5. The highest BCUT2D eigenvalue weighted by Gasteiger charge is 2.22. The Labute approximate surface area is 137 Å². The molecule has 1 aromatic rings. The van der Waals surface area contributed by atoms with Crippen molar-refractivity contribution in [2.75, 3.05) is 12.8 Å². The van der Waals surface area contributed by atoms with Gasteiger partial charge in [-0.25, -0.2) is 8.42 Å². The van der Waals surface area contributed by atoms with E-state index in [1.807, 2.05) is 13.8 Å². The van der Waals surface area contributed by atoms with Gasteiger partial charge in [0.1, 0.15) is 0 Å². The van der Waals surface area contributed by atoms with Gasteiger partial charge in [-0.2, -0.15) is 4.31 Å². The van der Waals surface area contributed by atoms with E-state index in [1.54, 1.807) is 24.3 Å². The maximum atomic E-state index is 12.0. The summed E-state index contributed by atoms with van der Waals surface area (Å²) in [4.78, 5) is 12.0. The highest BCUT2D eigenvalue weighted by molar-refractivity contribution is 7.88. The zero-order valence-corrected chi connectivity index (χ0v) is 14.7. The van der Waals surface area contributed by atoms with Crippen molar-refractivity contribution in [3.63, 3.8) is 0 Å². The molecule has 1 rings (SSSR count). The maximum absolute atomic E-state index is 12.0. The van der Waals surface area contributed by atoms with Crippen LogP contribution in [0.15, 0.2) is 24.3 Å². The number of sulfonamides is 1. The maximum Gasteiger partial charge on any atom is 0.235 e. The molecule has 0 heterocycles. The van der Waals surface area contributed by atoms with Crippen LogP contribution in [-0.4, -0.2) is 37.5 Å². The van der Waals surface area contributed by atoms with Crippen molar-refractivity contribution >= 4 is 27.5 Å². The summed E-state index contributed by atoms with van der Waals surface area (Å²) in [6.07, 6.45) is 2.90. The van der Waals surface area contributed by atoms with Crippen LogP contribution in [0.2, 0.25) is 5.02 Å². The van der Waals surface area contributed by atoms with Gasteiger partial charge < -0.3 is 5.32 Å². The normalized spacial score (nSPS) is 13.1. The Hall–Kier alpha value is -1.11. The second-order valence-corrected chi connectivity index (χ2v) is 7.77. The van der Waals surface area contributed by atoms with E-state index in [2.05, 4.69) is 5.32 Å². The molecule has 124 valence electrons. The third-order valence-electron chi connectivity index (χ3n) is 3.22. The van der Waals surface area contributed by atoms with Crippen molar-refractivity contribution in [3.05, 3.63) is 34.9 Å². The van der Waals surface area contributed by atoms with E-state index in [-0.39, 0.29) is 25.0 Å². The molecule has 0 unspecified atom stereocenters. The van der Waals surface area contributed by atoms with E-state index < -0.39 is 10.0 Å². The van der Waals surface area contributed by atoms with Crippen LogP contribution >= 0.6 is 11.6 Å². The van der Waals surface area contributed by atoms with Gasteiger partial charge in [-0.1, -0.05) is 43.1 Å². The van der Waals surface area contributed by atoms with Crippen LogP contribution in [0.25, 0.3) is 0 Å².